The Kier molecular flexibility index (Phi) is 8.63. The van der Waals surface area contributed by atoms with Crippen LogP contribution in [0, 0.1) is 0 Å². The number of rotatable bonds is 9. The van der Waals surface area contributed by atoms with Crippen LogP contribution in [0.2, 0.25) is 10.0 Å². The molecule has 0 radical (unpaired) electrons. The van der Waals surface area contributed by atoms with Crippen LogP contribution in [0.3, 0.4) is 0 Å². The molecule has 202 valence electrons. The zero-order valence-electron chi connectivity index (χ0n) is 21.4. The number of hydrogen-bond acceptors (Lipinski definition) is 8. The summed E-state index contributed by atoms with van der Waals surface area (Å²) in [7, 11) is 4.35. The highest BCUT2D eigenvalue weighted by molar-refractivity contribution is 6.38. The van der Waals surface area contributed by atoms with E-state index >= 15 is 0 Å². The monoisotopic (exact) mass is 569 g/mol. The van der Waals surface area contributed by atoms with E-state index in [9.17, 15) is 14.7 Å². The molecule has 0 fully saturated rings. The Labute approximate surface area is 234 Å². The summed E-state index contributed by atoms with van der Waals surface area (Å²) in [5, 5.41) is 9.81. The number of phenols is 1. The summed E-state index contributed by atoms with van der Waals surface area (Å²) in [6.07, 6.45) is 1.24. The Morgan fingerprint density at radius 1 is 0.897 bits per heavy atom. The summed E-state index contributed by atoms with van der Waals surface area (Å²) in [5.74, 6) is 0.445. The highest BCUT2D eigenvalue weighted by Gasteiger charge is 2.26. The molecule has 3 aromatic carbocycles. The van der Waals surface area contributed by atoms with Gasteiger partial charge in [0.25, 0.3) is 5.56 Å². The van der Waals surface area contributed by atoms with Gasteiger partial charge in [-0.05, 0) is 35.4 Å². The standard InChI is InChI=1S/C28H25Cl2N3O6/c1-37-20-8-4-17(5-9-20)14-32(15-18-6-10-21(38-2)11-7-18)26-24(28(36)39-3)27(35)33(16-31-26)25-22(29)12-19(34)13-23(25)30/h4-13,16,34H,14-15H2,1-3H3. The zero-order valence-corrected chi connectivity index (χ0v) is 22.9. The summed E-state index contributed by atoms with van der Waals surface area (Å²) in [6.45, 7) is 0.606. The third-order valence-electron chi connectivity index (χ3n) is 5.95. The molecule has 0 amide bonds. The maximum atomic E-state index is 13.7. The van der Waals surface area contributed by atoms with Crippen LogP contribution in [0.25, 0.3) is 5.69 Å². The number of hydrogen-bond donors (Lipinski definition) is 1. The van der Waals surface area contributed by atoms with Gasteiger partial charge < -0.3 is 24.2 Å². The van der Waals surface area contributed by atoms with Crippen molar-refractivity contribution in [3.63, 3.8) is 0 Å². The van der Waals surface area contributed by atoms with Gasteiger partial charge in [-0.25, -0.2) is 9.78 Å². The van der Waals surface area contributed by atoms with Gasteiger partial charge in [0.05, 0.1) is 37.1 Å². The summed E-state index contributed by atoms with van der Waals surface area (Å²) in [4.78, 5) is 33.0. The van der Waals surface area contributed by atoms with Crippen LogP contribution in [0.4, 0.5) is 5.82 Å². The Morgan fingerprint density at radius 2 is 1.38 bits per heavy atom. The van der Waals surface area contributed by atoms with Gasteiger partial charge in [-0.15, -0.1) is 0 Å². The topological polar surface area (TPSA) is 103 Å². The van der Waals surface area contributed by atoms with E-state index in [1.165, 1.54) is 25.6 Å². The van der Waals surface area contributed by atoms with Crippen molar-refractivity contribution in [1.82, 2.24) is 9.55 Å². The van der Waals surface area contributed by atoms with E-state index in [1.54, 1.807) is 19.1 Å². The van der Waals surface area contributed by atoms with Gasteiger partial charge in [-0.3, -0.25) is 9.36 Å². The molecule has 4 rings (SSSR count). The van der Waals surface area contributed by atoms with E-state index in [0.29, 0.717) is 24.6 Å². The number of carbonyl (C=O) groups excluding carboxylic acids is 1. The molecule has 0 aliphatic rings. The van der Waals surface area contributed by atoms with Crippen molar-refractivity contribution >= 4 is 35.0 Å². The van der Waals surface area contributed by atoms with Gasteiger partial charge >= 0.3 is 5.97 Å². The number of anilines is 1. The molecular formula is C28H25Cl2N3O6. The van der Waals surface area contributed by atoms with Crippen molar-refractivity contribution in [2.24, 2.45) is 0 Å². The summed E-state index contributed by atoms with van der Waals surface area (Å²) < 4.78 is 16.6. The van der Waals surface area contributed by atoms with Crippen molar-refractivity contribution in [1.29, 1.82) is 0 Å². The number of esters is 1. The molecule has 1 heterocycles. The first-order valence-electron chi connectivity index (χ1n) is 11.6. The minimum Gasteiger partial charge on any atom is -0.508 e. The lowest BCUT2D eigenvalue weighted by Gasteiger charge is -2.26. The fourth-order valence-electron chi connectivity index (χ4n) is 4.02. The number of aromatic nitrogens is 2. The van der Waals surface area contributed by atoms with E-state index < -0.39 is 11.5 Å². The van der Waals surface area contributed by atoms with Gasteiger partial charge in [0.15, 0.2) is 11.4 Å². The normalized spacial score (nSPS) is 10.7. The van der Waals surface area contributed by atoms with Crippen LogP contribution < -0.4 is 19.9 Å². The molecule has 0 saturated carbocycles. The predicted molar refractivity (Wildman–Crippen MR) is 149 cm³/mol. The number of halogens is 2. The molecule has 0 spiro atoms. The van der Waals surface area contributed by atoms with E-state index in [2.05, 4.69) is 4.98 Å². The molecule has 0 aliphatic heterocycles. The maximum Gasteiger partial charge on any atom is 0.347 e. The minimum absolute atomic E-state index is 0.000729. The molecule has 0 saturated heterocycles. The quantitative estimate of drug-likeness (QED) is 0.272. The third-order valence-corrected chi connectivity index (χ3v) is 6.52. The minimum atomic E-state index is -0.877. The predicted octanol–water partition coefficient (Wildman–Crippen LogP) is 5.26. The van der Waals surface area contributed by atoms with Crippen molar-refractivity contribution in [2.75, 3.05) is 26.2 Å². The third kappa shape index (κ3) is 6.10. The number of carbonyl (C=O) groups is 1. The number of aromatic hydroxyl groups is 1. The molecule has 1 N–H and O–H groups in total. The van der Waals surface area contributed by atoms with E-state index in [1.807, 2.05) is 48.5 Å². The summed E-state index contributed by atoms with van der Waals surface area (Å²) >= 11 is 12.6. The van der Waals surface area contributed by atoms with Gasteiger partial charge in [-0.1, -0.05) is 47.5 Å². The van der Waals surface area contributed by atoms with E-state index in [-0.39, 0.29) is 32.9 Å². The van der Waals surface area contributed by atoms with Gasteiger partial charge in [0.1, 0.15) is 23.6 Å². The van der Waals surface area contributed by atoms with E-state index in [4.69, 9.17) is 37.4 Å². The van der Waals surface area contributed by atoms with Gasteiger partial charge in [0, 0.05) is 25.2 Å². The van der Waals surface area contributed by atoms with Crippen LogP contribution in [-0.4, -0.2) is 42.0 Å². The number of nitrogens with zero attached hydrogens (tertiary/aromatic N) is 3. The Bertz CT molecular complexity index is 1470. The zero-order chi connectivity index (χ0) is 28.1. The summed E-state index contributed by atoms with van der Waals surface area (Å²) in [6, 6.07) is 17.3. The average molecular weight is 570 g/mol. The fraction of sp³-hybridized carbons (Fsp3) is 0.179. The van der Waals surface area contributed by atoms with Crippen LogP contribution in [0.15, 0.2) is 71.8 Å². The Hall–Kier alpha value is -4.21. The number of phenolic OH excluding ortho intramolecular Hbond substituents is 1. The van der Waals surface area contributed by atoms with Crippen molar-refractivity contribution < 1.29 is 24.1 Å². The van der Waals surface area contributed by atoms with Gasteiger partial charge in [-0.2, -0.15) is 0 Å². The molecule has 1 aromatic heterocycles. The first-order valence-corrected chi connectivity index (χ1v) is 12.4. The molecule has 0 atom stereocenters. The smallest absolute Gasteiger partial charge is 0.347 e. The molecule has 9 nitrogen and oxygen atoms in total. The van der Waals surface area contributed by atoms with Crippen molar-refractivity contribution in [3.8, 4) is 22.9 Å². The molecular weight excluding hydrogens is 545 g/mol. The average Bonchev–Trinajstić information content (AvgIpc) is 2.93. The van der Waals surface area contributed by atoms with Crippen LogP contribution in [-0.2, 0) is 17.8 Å². The van der Waals surface area contributed by atoms with Crippen LogP contribution in [0.1, 0.15) is 21.5 Å². The van der Waals surface area contributed by atoms with Crippen molar-refractivity contribution in [2.45, 2.75) is 13.1 Å². The molecule has 0 aliphatic carbocycles. The summed E-state index contributed by atoms with van der Waals surface area (Å²) in [5.41, 5.74) is 0.798. The first kappa shape index (κ1) is 27.8. The van der Waals surface area contributed by atoms with Crippen molar-refractivity contribution in [3.05, 3.63) is 104 Å². The largest absolute Gasteiger partial charge is 0.508 e. The second-order valence-corrected chi connectivity index (χ2v) is 9.23. The number of ether oxygens (including phenoxy) is 3. The first-order chi connectivity index (χ1) is 18.7. The molecule has 39 heavy (non-hydrogen) atoms. The lowest BCUT2D eigenvalue weighted by Crippen LogP contribution is -2.33. The number of benzene rings is 3. The second kappa shape index (κ2) is 12.1. The lowest BCUT2D eigenvalue weighted by molar-refractivity contribution is 0.0598. The molecule has 0 unspecified atom stereocenters. The second-order valence-electron chi connectivity index (χ2n) is 8.42. The molecule has 4 aromatic rings. The Balaban J connectivity index is 1.86. The molecule has 11 heteroatoms. The Morgan fingerprint density at radius 3 is 1.82 bits per heavy atom. The van der Waals surface area contributed by atoms with Crippen LogP contribution in [0.5, 0.6) is 17.2 Å². The van der Waals surface area contributed by atoms with Crippen LogP contribution >= 0.6 is 23.2 Å². The maximum absolute atomic E-state index is 13.7. The number of methoxy groups -OCH3 is 3. The fourth-order valence-corrected chi connectivity index (χ4v) is 4.67. The van der Waals surface area contributed by atoms with E-state index in [0.717, 1.165) is 15.7 Å². The van der Waals surface area contributed by atoms with Gasteiger partial charge in [0.2, 0.25) is 0 Å². The SMILES string of the molecule is COC(=O)c1c(N(Cc2ccc(OC)cc2)Cc2ccc(OC)cc2)ncn(-c2c(Cl)cc(O)cc2Cl)c1=O. The lowest BCUT2D eigenvalue weighted by atomic mass is 10.1. The highest BCUT2D eigenvalue weighted by atomic mass is 35.5. The highest BCUT2D eigenvalue weighted by Crippen LogP contribution is 2.33. The molecule has 0 bridgehead atoms.